The zero-order valence-electron chi connectivity index (χ0n) is 16.0. The van der Waals surface area contributed by atoms with Gasteiger partial charge in [-0.1, -0.05) is 13.3 Å². The van der Waals surface area contributed by atoms with Crippen molar-refractivity contribution < 1.29 is 14.3 Å². The molecular formula is C21H26N2O3S. The van der Waals surface area contributed by atoms with E-state index in [1.807, 2.05) is 23.1 Å². The fraction of sp³-hybridized carbons (Fsp3) is 0.524. The molecule has 27 heavy (non-hydrogen) atoms. The van der Waals surface area contributed by atoms with Gasteiger partial charge in [-0.15, -0.1) is 11.3 Å². The van der Waals surface area contributed by atoms with Gasteiger partial charge in [-0.25, -0.2) is 4.79 Å². The number of rotatable bonds is 7. The van der Waals surface area contributed by atoms with E-state index in [0.29, 0.717) is 12.2 Å². The summed E-state index contributed by atoms with van der Waals surface area (Å²) < 4.78 is 12.1. The van der Waals surface area contributed by atoms with Crippen molar-refractivity contribution in [1.82, 2.24) is 4.90 Å². The lowest BCUT2D eigenvalue weighted by atomic mass is 10.1. The molecule has 0 bridgehead atoms. The molecule has 3 rings (SSSR count). The fourth-order valence-corrected chi connectivity index (χ4v) is 4.87. The summed E-state index contributed by atoms with van der Waals surface area (Å²) in [6.45, 7) is 3.37. The van der Waals surface area contributed by atoms with Crippen LogP contribution in [0.25, 0.3) is 10.1 Å². The topological polar surface area (TPSA) is 62.6 Å². The van der Waals surface area contributed by atoms with Crippen molar-refractivity contribution in [1.29, 1.82) is 5.26 Å². The third-order valence-electron chi connectivity index (χ3n) is 5.09. The molecule has 0 N–H and O–H groups in total. The molecule has 1 aromatic heterocycles. The van der Waals surface area contributed by atoms with Crippen LogP contribution in [-0.2, 0) is 11.2 Å². The van der Waals surface area contributed by atoms with Crippen molar-refractivity contribution in [3.05, 3.63) is 28.6 Å². The summed E-state index contributed by atoms with van der Waals surface area (Å²) in [7, 11) is 1.69. The van der Waals surface area contributed by atoms with Gasteiger partial charge in [-0.05, 0) is 50.3 Å². The molecule has 1 amide bonds. The third kappa shape index (κ3) is 4.36. The normalized spacial score (nSPS) is 16.5. The van der Waals surface area contributed by atoms with E-state index in [0.717, 1.165) is 60.9 Å². The molecule has 0 saturated carbocycles. The zero-order valence-corrected chi connectivity index (χ0v) is 16.8. The lowest BCUT2D eigenvalue weighted by molar-refractivity contribution is 0.0956. The van der Waals surface area contributed by atoms with Gasteiger partial charge in [0.2, 0.25) is 0 Å². The molecule has 0 unspecified atom stereocenters. The zero-order chi connectivity index (χ0) is 19.2. The lowest BCUT2D eigenvalue weighted by Crippen LogP contribution is -2.36. The van der Waals surface area contributed by atoms with Crippen LogP contribution in [0.5, 0.6) is 5.75 Å². The lowest BCUT2D eigenvalue weighted by Gasteiger charge is -2.24. The van der Waals surface area contributed by atoms with E-state index in [1.54, 1.807) is 18.4 Å². The molecule has 1 aliphatic heterocycles. The highest BCUT2D eigenvalue weighted by Crippen LogP contribution is 2.39. The van der Waals surface area contributed by atoms with Crippen LogP contribution < -0.4 is 4.74 Å². The van der Waals surface area contributed by atoms with Gasteiger partial charge in [0.15, 0.2) is 0 Å². The highest BCUT2D eigenvalue weighted by atomic mass is 32.1. The SMILES string of the molecule is CCCCOC(=O)N1CCC[C@H]1CCc1sc2cc(C#N)ccc2c1OC. The first kappa shape index (κ1) is 19.5. The Morgan fingerprint density at radius 2 is 2.30 bits per heavy atom. The number of carbonyl (C=O) groups excluding carboxylic acids is 1. The molecule has 0 radical (unpaired) electrons. The number of fused-ring (bicyclic) bond motifs is 1. The van der Waals surface area contributed by atoms with Crippen molar-refractivity contribution in [2.24, 2.45) is 0 Å². The minimum absolute atomic E-state index is 0.173. The number of thiophene rings is 1. The van der Waals surface area contributed by atoms with Crippen molar-refractivity contribution in [3.8, 4) is 11.8 Å². The number of nitrogens with zero attached hydrogens (tertiary/aromatic N) is 2. The summed E-state index contributed by atoms with van der Waals surface area (Å²) in [6.07, 6.45) is 5.57. The molecule has 6 heteroatoms. The number of methoxy groups -OCH3 is 1. The van der Waals surface area contributed by atoms with Crippen LogP contribution in [0.15, 0.2) is 18.2 Å². The average molecular weight is 387 g/mol. The smallest absolute Gasteiger partial charge is 0.410 e. The number of hydrogen-bond acceptors (Lipinski definition) is 5. The van der Waals surface area contributed by atoms with Gasteiger partial charge in [0.25, 0.3) is 0 Å². The predicted molar refractivity (Wildman–Crippen MR) is 107 cm³/mol. The van der Waals surface area contributed by atoms with Gasteiger partial charge >= 0.3 is 6.09 Å². The van der Waals surface area contributed by atoms with Crippen LogP contribution in [0.2, 0.25) is 0 Å². The number of nitriles is 1. The summed E-state index contributed by atoms with van der Waals surface area (Å²) >= 11 is 1.68. The van der Waals surface area contributed by atoms with E-state index < -0.39 is 0 Å². The van der Waals surface area contributed by atoms with E-state index in [1.165, 1.54) is 4.88 Å². The first-order valence-electron chi connectivity index (χ1n) is 9.60. The highest BCUT2D eigenvalue weighted by molar-refractivity contribution is 7.19. The maximum atomic E-state index is 12.3. The number of aryl methyl sites for hydroxylation is 1. The molecule has 5 nitrogen and oxygen atoms in total. The first-order chi connectivity index (χ1) is 13.2. The van der Waals surface area contributed by atoms with Crippen molar-refractivity contribution >= 4 is 27.5 Å². The second kappa shape index (κ2) is 9.09. The first-order valence-corrected chi connectivity index (χ1v) is 10.4. The second-order valence-electron chi connectivity index (χ2n) is 6.88. The minimum atomic E-state index is -0.173. The van der Waals surface area contributed by atoms with E-state index in [9.17, 15) is 4.79 Å². The van der Waals surface area contributed by atoms with Crippen LogP contribution in [0.3, 0.4) is 0 Å². The Hall–Kier alpha value is -2.26. The Morgan fingerprint density at radius 3 is 3.04 bits per heavy atom. The summed E-state index contributed by atoms with van der Waals surface area (Å²) in [5, 5.41) is 10.2. The Balaban J connectivity index is 1.68. The number of unbranched alkanes of at least 4 members (excludes halogenated alkanes) is 1. The van der Waals surface area contributed by atoms with Crippen molar-refractivity contribution in [2.45, 2.75) is 51.5 Å². The summed E-state index contributed by atoms with van der Waals surface area (Å²) in [4.78, 5) is 15.4. The molecule has 1 atom stereocenters. The van der Waals surface area contributed by atoms with Crippen molar-refractivity contribution in [3.63, 3.8) is 0 Å². The standard InChI is InChI=1S/C21H26N2O3S/c1-3-4-12-26-21(24)23-11-5-6-16(23)8-10-18-20(25-2)17-9-7-15(14-22)13-19(17)27-18/h7,9,13,16H,3-6,8,10-12H2,1-2H3/t16-/m0/s1. The molecule has 1 aliphatic rings. The van der Waals surface area contributed by atoms with Crippen LogP contribution in [0.4, 0.5) is 4.79 Å². The fourth-order valence-electron chi connectivity index (χ4n) is 3.64. The van der Waals surface area contributed by atoms with Gasteiger partial charge in [0.1, 0.15) is 5.75 Å². The van der Waals surface area contributed by atoms with Crippen LogP contribution >= 0.6 is 11.3 Å². The van der Waals surface area contributed by atoms with Gasteiger partial charge < -0.3 is 14.4 Å². The molecule has 2 heterocycles. The van der Waals surface area contributed by atoms with Gasteiger partial charge in [0, 0.05) is 27.5 Å². The quantitative estimate of drug-likeness (QED) is 0.620. The second-order valence-corrected chi connectivity index (χ2v) is 8.01. The number of ether oxygens (including phenoxy) is 2. The maximum absolute atomic E-state index is 12.3. The van der Waals surface area contributed by atoms with E-state index >= 15 is 0 Å². The summed E-state index contributed by atoms with van der Waals surface area (Å²) in [5.41, 5.74) is 0.662. The Kier molecular flexibility index (Phi) is 6.57. The van der Waals surface area contributed by atoms with E-state index in [4.69, 9.17) is 14.7 Å². The van der Waals surface area contributed by atoms with Crippen LogP contribution in [0.1, 0.15) is 49.5 Å². The molecule has 2 aromatic rings. The predicted octanol–water partition coefficient (Wildman–Crippen LogP) is 5.12. The van der Waals surface area contributed by atoms with Crippen molar-refractivity contribution in [2.75, 3.05) is 20.3 Å². The van der Waals surface area contributed by atoms with E-state index in [-0.39, 0.29) is 12.1 Å². The van der Waals surface area contributed by atoms with Gasteiger partial charge in [-0.2, -0.15) is 5.26 Å². The molecule has 0 aliphatic carbocycles. The molecular weight excluding hydrogens is 360 g/mol. The monoisotopic (exact) mass is 386 g/mol. The largest absolute Gasteiger partial charge is 0.495 e. The Morgan fingerprint density at radius 1 is 1.44 bits per heavy atom. The Bertz CT molecular complexity index is 840. The molecule has 0 spiro atoms. The minimum Gasteiger partial charge on any atom is -0.495 e. The molecule has 1 fully saturated rings. The number of hydrogen-bond donors (Lipinski definition) is 0. The number of amides is 1. The summed E-state index contributed by atoms with van der Waals surface area (Å²) in [5.74, 6) is 0.898. The molecule has 1 aromatic carbocycles. The molecule has 1 saturated heterocycles. The number of benzene rings is 1. The number of likely N-dealkylation sites (tertiary alicyclic amines) is 1. The van der Waals surface area contributed by atoms with E-state index in [2.05, 4.69) is 13.0 Å². The number of carbonyl (C=O) groups is 1. The average Bonchev–Trinajstić information content (AvgIpc) is 3.29. The Labute approximate surface area is 164 Å². The maximum Gasteiger partial charge on any atom is 0.410 e. The van der Waals surface area contributed by atoms with Crippen LogP contribution in [0, 0.1) is 11.3 Å². The molecule has 144 valence electrons. The summed E-state index contributed by atoms with van der Waals surface area (Å²) in [6, 6.07) is 8.11. The third-order valence-corrected chi connectivity index (χ3v) is 6.28. The van der Waals surface area contributed by atoms with Gasteiger partial charge in [-0.3, -0.25) is 0 Å². The van der Waals surface area contributed by atoms with Crippen LogP contribution in [-0.4, -0.2) is 37.3 Å². The van der Waals surface area contributed by atoms with Gasteiger partial charge in [0.05, 0.1) is 25.3 Å². The highest BCUT2D eigenvalue weighted by Gasteiger charge is 2.30.